The number of fused-ring (bicyclic) bond motifs is 3. The predicted molar refractivity (Wildman–Crippen MR) is 94.0 cm³/mol. The molecule has 4 rings (SSSR count). The van der Waals surface area contributed by atoms with E-state index in [-0.39, 0.29) is 11.6 Å². The Morgan fingerprint density at radius 2 is 2.24 bits per heavy atom. The van der Waals surface area contributed by atoms with Gasteiger partial charge in [0, 0.05) is 13.0 Å². The highest BCUT2D eigenvalue weighted by Crippen LogP contribution is 2.20. The maximum Gasteiger partial charge on any atom is 0.296 e. The van der Waals surface area contributed by atoms with Gasteiger partial charge in [0.2, 0.25) is 0 Å². The van der Waals surface area contributed by atoms with Gasteiger partial charge in [0.15, 0.2) is 5.65 Å². The van der Waals surface area contributed by atoms with Gasteiger partial charge in [-0.25, -0.2) is 0 Å². The summed E-state index contributed by atoms with van der Waals surface area (Å²) in [5.41, 5.74) is 0.500. The number of hydrogen-bond donors (Lipinski definition) is 1. The normalized spacial score (nSPS) is 13.9. The summed E-state index contributed by atoms with van der Waals surface area (Å²) in [7, 11) is 0. The minimum atomic E-state index is -0.417. The molecule has 1 amide bonds. The lowest BCUT2D eigenvalue weighted by atomic mass is 10.2. The number of nitrogens with one attached hydrogen (secondary N) is 1. The quantitative estimate of drug-likeness (QED) is 0.766. The number of aromatic nitrogens is 3. The van der Waals surface area contributed by atoms with Crippen molar-refractivity contribution in [3.63, 3.8) is 0 Å². The number of carbonyl (C=O) groups excluding carboxylic acids is 1. The molecule has 0 radical (unpaired) electrons. The molecule has 0 atom stereocenters. The molecule has 1 N–H and O–H groups in total. The second-order valence-electron chi connectivity index (χ2n) is 5.93. The molecule has 0 bridgehead atoms. The predicted octanol–water partition coefficient (Wildman–Crippen LogP) is 2.41. The highest BCUT2D eigenvalue weighted by molar-refractivity contribution is 7.12. The molecular weight excluding hydrogens is 338 g/mol. The van der Waals surface area contributed by atoms with Crippen LogP contribution >= 0.6 is 11.3 Å². The van der Waals surface area contributed by atoms with Gasteiger partial charge in [-0.05, 0) is 30.4 Å². The summed E-state index contributed by atoms with van der Waals surface area (Å²) in [5, 5.41) is 18.4. The third-order valence-corrected chi connectivity index (χ3v) is 5.20. The van der Waals surface area contributed by atoms with E-state index in [0.717, 1.165) is 38.1 Å². The third kappa shape index (κ3) is 2.62. The number of nitriles is 1. The van der Waals surface area contributed by atoms with Crippen LogP contribution < -0.4 is 10.9 Å². The number of carbonyl (C=O) groups is 1. The number of hydrogen-bond acceptors (Lipinski definition) is 5. The van der Waals surface area contributed by atoms with Crippen LogP contribution in [-0.4, -0.2) is 20.1 Å². The molecule has 126 valence electrons. The fourth-order valence-electron chi connectivity index (χ4n) is 3.15. The van der Waals surface area contributed by atoms with Crippen molar-refractivity contribution in [1.82, 2.24) is 14.2 Å². The Morgan fingerprint density at radius 3 is 3.00 bits per heavy atom. The molecule has 3 aromatic heterocycles. The second-order valence-corrected chi connectivity index (χ2v) is 6.88. The van der Waals surface area contributed by atoms with Crippen molar-refractivity contribution in [2.24, 2.45) is 0 Å². The first kappa shape index (κ1) is 15.6. The first-order valence-corrected chi connectivity index (χ1v) is 8.97. The molecule has 0 unspecified atom stereocenters. The molecular formula is C17H15N5O2S. The van der Waals surface area contributed by atoms with Gasteiger partial charge >= 0.3 is 0 Å². The molecule has 0 fully saturated rings. The highest BCUT2D eigenvalue weighted by atomic mass is 32.1. The molecule has 0 saturated carbocycles. The van der Waals surface area contributed by atoms with E-state index in [1.165, 1.54) is 21.9 Å². The number of pyridine rings is 1. The van der Waals surface area contributed by atoms with Gasteiger partial charge in [-0.3, -0.25) is 9.59 Å². The topological polar surface area (TPSA) is 92.2 Å². The molecule has 0 spiro atoms. The number of amides is 1. The van der Waals surface area contributed by atoms with E-state index in [1.54, 1.807) is 17.5 Å². The molecule has 0 saturated heterocycles. The molecule has 1 aliphatic rings. The Bertz CT molecular complexity index is 1060. The van der Waals surface area contributed by atoms with Crippen molar-refractivity contribution >= 4 is 28.6 Å². The average Bonchev–Trinajstić information content (AvgIpc) is 3.21. The maximum absolute atomic E-state index is 12.8. The summed E-state index contributed by atoms with van der Waals surface area (Å²) < 4.78 is 3.21. The highest BCUT2D eigenvalue weighted by Gasteiger charge is 2.21. The SMILES string of the molecule is N#Cc1cc(NC(=O)c2cccs2)c(=O)n2nc3n(c12)CCCCC3. The van der Waals surface area contributed by atoms with E-state index in [4.69, 9.17) is 0 Å². The Labute approximate surface area is 147 Å². The summed E-state index contributed by atoms with van der Waals surface area (Å²) in [4.78, 5) is 25.5. The minimum absolute atomic E-state index is 0.0701. The van der Waals surface area contributed by atoms with Crippen molar-refractivity contribution < 1.29 is 4.79 Å². The zero-order chi connectivity index (χ0) is 17.4. The molecule has 0 aromatic carbocycles. The molecule has 0 aliphatic carbocycles. The second kappa shape index (κ2) is 6.18. The molecule has 25 heavy (non-hydrogen) atoms. The Hall–Kier alpha value is -2.92. The number of thiophene rings is 1. The zero-order valence-corrected chi connectivity index (χ0v) is 14.2. The van der Waals surface area contributed by atoms with Crippen LogP contribution in [0.3, 0.4) is 0 Å². The summed E-state index contributed by atoms with van der Waals surface area (Å²) >= 11 is 1.29. The largest absolute Gasteiger partial charge is 0.317 e. The van der Waals surface area contributed by atoms with Crippen molar-refractivity contribution in [1.29, 1.82) is 5.26 Å². The van der Waals surface area contributed by atoms with Crippen LogP contribution in [-0.2, 0) is 13.0 Å². The molecule has 1 aliphatic heterocycles. The van der Waals surface area contributed by atoms with Gasteiger partial charge < -0.3 is 9.88 Å². The summed E-state index contributed by atoms with van der Waals surface area (Å²) in [5.74, 6) is 0.449. The lowest BCUT2D eigenvalue weighted by Gasteiger charge is -2.07. The van der Waals surface area contributed by atoms with Gasteiger partial charge in [0.1, 0.15) is 17.6 Å². The van der Waals surface area contributed by atoms with Crippen LogP contribution in [0.1, 0.15) is 40.3 Å². The maximum atomic E-state index is 12.8. The van der Waals surface area contributed by atoms with Crippen molar-refractivity contribution in [3.05, 3.63) is 50.2 Å². The van der Waals surface area contributed by atoms with E-state index < -0.39 is 5.56 Å². The van der Waals surface area contributed by atoms with Crippen LogP contribution in [0, 0.1) is 11.3 Å². The van der Waals surface area contributed by atoms with Gasteiger partial charge in [-0.2, -0.15) is 9.78 Å². The van der Waals surface area contributed by atoms with E-state index in [2.05, 4.69) is 16.5 Å². The molecule has 8 heteroatoms. The number of anilines is 1. The van der Waals surface area contributed by atoms with E-state index in [9.17, 15) is 14.9 Å². The summed E-state index contributed by atoms with van der Waals surface area (Å²) in [6.45, 7) is 0.744. The fourth-order valence-corrected chi connectivity index (χ4v) is 3.77. The standard InChI is InChI=1S/C17H15N5O2S/c18-10-11-9-12(19-15(23)13-5-4-8-25-13)17(24)22-16(11)21-7-3-1-2-6-14(21)20-22/h4-5,8-9H,1-3,6-7H2,(H,19,23). The summed E-state index contributed by atoms with van der Waals surface area (Å²) in [6.07, 6.45) is 3.90. The fraction of sp³-hybridized carbons (Fsp3) is 0.294. The lowest BCUT2D eigenvalue weighted by molar-refractivity contribution is 0.103. The molecule has 7 nitrogen and oxygen atoms in total. The number of nitrogens with zero attached hydrogens (tertiary/aromatic N) is 4. The zero-order valence-electron chi connectivity index (χ0n) is 13.4. The van der Waals surface area contributed by atoms with Gasteiger partial charge in [-0.15, -0.1) is 16.4 Å². The van der Waals surface area contributed by atoms with Crippen LogP contribution in [0.5, 0.6) is 0 Å². The van der Waals surface area contributed by atoms with E-state index in [0.29, 0.717) is 16.1 Å². The van der Waals surface area contributed by atoms with Crippen molar-refractivity contribution in [2.45, 2.75) is 32.2 Å². The van der Waals surface area contributed by atoms with Crippen molar-refractivity contribution in [2.75, 3.05) is 5.32 Å². The average molecular weight is 353 g/mol. The van der Waals surface area contributed by atoms with E-state index >= 15 is 0 Å². The Morgan fingerprint density at radius 1 is 1.36 bits per heavy atom. The molecule has 3 aromatic rings. The smallest absolute Gasteiger partial charge is 0.296 e. The van der Waals surface area contributed by atoms with Crippen LogP contribution in [0.15, 0.2) is 28.4 Å². The van der Waals surface area contributed by atoms with Crippen molar-refractivity contribution in [3.8, 4) is 6.07 Å². The van der Waals surface area contributed by atoms with Gasteiger partial charge in [-0.1, -0.05) is 12.5 Å². The number of rotatable bonds is 2. The van der Waals surface area contributed by atoms with Crippen LogP contribution in [0.25, 0.3) is 5.65 Å². The number of aryl methyl sites for hydroxylation is 2. The van der Waals surface area contributed by atoms with E-state index in [1.807, 2.05) is 4.57 Å². The molecule has 4 heterocycles. The minimum Gasteiger partial charge on any atom is -0.317 e. The lowest BCUT2D eigenvalue weighted by Crippen LogP contribution is -2.23. The third-order valence-electron chi connectivity index (χ3n) is 4.33. The van der Waals surface area contributed by atoms with Gasteiger partial charge in [0.25, 0.3) is 11.5 Å². The van der Waals surface area contributed by atoms with Gasteiger partial charge in [0.05, 0.1) is 10.4 Å². The Balaban J connectivity index is 1.85. The summed E-state index contributed by atoms with van der Waals surface area (Å²) in [6, 6.07) is 7.03. The first-order valence-electron chi connectivity index (χ1n) is 8.09. The monoisotopic (exact) mass is 353 g/mol. The Kier molecular flexibility index (Phi) is 3.86. The van der Waals surface area contributed by atoms with Crippen LogP contribution in [0.2, 0.25) is 0 Å². The first-order chi connectivity index (χ1) is 12.2. The van der Waals surface area contributed by atoms with Crippen LogP contribution in [0.4, 0.5) is 5.69 Å².